The fourth-order valence-corrected chi connectivity index (χ4v) is 4.27. The molecule has 9 nitrogen and oxygen atoms in total. The Hall–Kier alpha value is -2.61. The van der Waals surface area contributed by atoms with E-state index in [0.29, 0.717) is 55.1 Å². The summed E-state index contributed by atoms with van der Waals surface area (Å²) < 4.78 is 13.1. The van der Waals surface area contributed by atoms with Gasteiger partial charge in [0, 0.05) is 25.2 Å². The molecule has 2 aromatic rings. The van der Waals surface area contributed by atoms with Gasteiger partial charge in [0.1, 0.15) is 12.3 Å². The SMILES string of the molecule is CN1C(=O)N(CCCOC2CCCCO2)C(O)c2c1nc(C#CCO)n2Cc1ccc(Cl)cc1. The number of halogens is 1. The molecular weight excluding hydrogens is 460 g/mol. The number of aliphatic hydroxyl groups is 2. The van der Waals surface area contributed by atoms with E-state index in [2.05, 4.69) is 16.8 Å². The van der Waals surface area contributed by atoms with Crippen molar-refractivity contribution in [2.45, 2.75) is 44.7 Å². The molecule has 1 aromatic heterocycles. The van der Waals surface area contributed by atoms with Gasteiger partial charge in [0.25, 0.3) is 0 Å². The maximum atomic E-state index is 13.0. The van der Waals surface area contributed by atoms with Crippen molar-refractivity contribution in [3.8, 4) is 11.8 Å². The Morgan fingerprint density at radius 1 is 1.29 bits per heavy atom. The molecule has 2 atom stereocenters. The highest BCUT2D eigenvalue weighted by Crippen LogP contribution is 2.35. The zero-order chi connectivity index (χ0) is 24.1. The minimum atomic E-state index is -1.20. The molecular formula is C24H29ClN4O5. The first-order valence-electron chi connectivity index (χ1n) is 11.4. The molecule has 1 aromatic carbocycles. The van der Waals surface area contributed by atoms with Gasteiger partial charge in [-0.15, -0.1) is 0 Å². The molecule has 0 bridgehead atoms. The van der Waals surface area contributed by atoms with Crippen LogP contribution >= 0.6 is 11.6 Å². The Morgan fingerprint density at radius 3 is 2.79 bits per heavy atom. The second-order valence-electron chi connectivity index (χ2n) is 8.25. The number of carbonyl (C=O) groups is 1. The molecule has 2 unspecified atom stereocenters. The van der Waals surface area contributed by atoms with Crippen LogP contribution in [0, 0.1) is 11.8 Å². The van der Waals surface area contributed by atoms with Crippen LogP contribution in [0.3, 0.4) is 0 Å². The van der Waals surface area contributed by atoms with Gasteiger partial charge in [-0.2, -0.15) is 0 Å². The van der Waals surface area contributed by atoms with E-state index in [9.17, 15) is 15.0 Å². The van der Waals surface area contributed by atoms with Crippen LogP contribution in [0.15, 0.2) is 24.3 Å². The lowest BCUT2D eigenvalue weighted by Gasteiger charge is -2.37. The Bertz CT molecular complexity index is 1060. The van der Waals surface area contributed by atoms with Crippen molar-refractivity contribution in [2.75, 3.05) is 38.3 Å². The van der Waals surface area contributed by atoms with Crippen molar-refractivity contribution in [2.24, 2.45) is 0 Å². The number of fused-ring (bicyclic) bond motifs is 1. The third-order valence-electron chi connectivity index (χ3n) is 5.90. The number of carbonyl (C=O) groups excluding carboxylic acids is 1. The Kier molecular flexibility index (Phi) is 8.08. The number of ether oxygens (including phenoxy) is 2. The third kappa shape index (κ3) is 5.37. The molecule has 0 aliphatic carbocycles. The van der Waals surface area contributed by atoms with Gasteiger partial charge in [-0.05, 0) is 49.3 Å². The van der Waals surface area contributed by atoms with Gasteiger partial charge < -0.3 is 24.3 Å². The van der Waals surface area contributed by atoms with E-state index in [1.165, 1.54) is 9.80 Å². The molecule has 3 heterocycles. The van der Waals surface area contributed by atoms with Gasteiger partial charge in [0.05, 0.1) is 13.2 Å². The molecule has 34 heavy (non-hydrogen) atoms. The highest BCUT2D eigenvalue weighted by Gasteiger charge is 2.39. The first kappa shape index (κ1) is 24.5. The molecule has 1 saturated heterocycles. The number of imidazole rings is 1. The zero-order valence-electron chi connectivity index (χ0n) is 19.1. The van der Waals surface area contributed by atoms with E-state index >= 15 is 0 Å². The van der Waals surface area contributed by atoms with Gasteiger partial charge in [-0.3, -0.25) is 9.80 Å². The summed E-state index contributed by atoms with van der Waals surface area (Å²) in [5, 5.41) is 21.0. The van der Waals surface area contributed by atoms with E-state index in [1.54, 1.807) is 23.7 Å². The molecule has 2 amide bonds. The average Bonchev–Trinajstić information content (AvgIpc) is 3.21. The summed E-state index contributed by atoms with van der Waals surface area (Å²) in [7, 11) is 1.62. The summed E-state index contributed by atoms with van der Waals surface area (Å²) >= 11 is 6.02. The van der Waals surface area contributed by atoms with Crippen LogP contribution < -0.4 is 4.90 Å². The number of rotatable bonds is 7. The van der Waals surface area contributed by atoms with Gasteiger partial charge in [0.2, 0.25) is 0 Å². The highest BCUT2D eigenvalue weighted by molar-refractivity contribution is 6.30. The van der Waals surface area contributed by atoms with Crippen molar-refractivity contribution in [1.82, 2.24) is 14.5 Å². The Morgan fingerprint density at radius 2 is 2.09 bits per heavy atom. The summed E-state index contributed by atoms with van der Waals surface area (Å²) in [6.45, 7) is 1.48. The largest absolute Gasteiger partial charge is 0.384 e. The molecule has 2 aliphatic heterocycles. The molecule has 0 spiro atoms. The number of amides is 2. The lowest BCUT2D eigenvalue weighted by atomic mass is 10.2. The van der Waals surface area contributed by atoms with Gasteiger partial charge in [-0.1, -0.05) is 29.7 Å². The lowest BCUT2D eigenvalue weighted by Crippen LogP contribution is -2.49. The van der Waals surface area contributed by atoms with Gasteiger partial charge in [0.15, 0.2) is 24.2 Å². The number of nitrogens with zero attached hydrogens (tertiary/aromatic N) is 4. The van der Waals surface area contributed by atoms with E-state index in [1.807, 2.05) is 12.1 Å². The predicted molar refractivity (Wildman–Crippen MR) is 126 cm³/mol. The maximum absolute atomic E-state index is 13.0. The lowest BCUT2D eigenvalue weighted by molar-refractivity contribution is -0.163. The Labute approximate surface area is 203 Å². The first-order valence-corrected chi connectivity index (χ1v) is 11.8. The molecule has 10 heteroatoms. The standard InChI is InChI=1S/C24H29ClN4O5/c1-27-22-21(23(31)28(24(27)32)12-5-15-34-20-7-2-3-14-33-20)29(19(26-22)6-4-13-30)16-17-8-10-18(25)11-9-17/h8-11,20,23,30-31H,2-3,5,7,12-16H2,1H3. The second-order valence-corrected chi connectivity index (χ2v) is 8.68. The van der Waals surface area contributed by atoms with Crippen LogP contribution in [0.5, 0.6) is 0 Å². The normalized spacial score (nSPS) is 20.2. The molecule has 0 saturated carbocycles. The molecule has 4 rings (SSSR count). The number of aromatic nitrogens is 2. The fourth-order valence-electron chi connectivity index (χ4n) is 4.15. The van der Waals surface area contributed by atoms with E-state index in [0.717, 1.165) is 24.8 Å². The summed E-state index contributed by atoms with van der Waals surface area (Å²) in [6, 6.07) is 6.97. The van der Waals surface area contributed by atoms with Crippen LogP contribution in [0.2, 0.25) is 5.02 Å². The minimum absolute atomic E-state index is 0.196. The summed E-state index contributed by atoms with van der Waals surface area (Å²) in [5.74, 6) is 6.14. The molecule has 0 radical (unpaired) electrons. The number of anilines is 1. The maximum Gasteiger partial charge on any atom is 0.327 e. The second kappa shape index (κ2) is 11.2. The monoisotopic (exact) mass is 488 g/mol. The van der Waals surface area contributed by atoms with Crippen LogP contribution in [-0.2, 0) is 16.0 Å². The fraction of sp³-hybridized carbons (Fsp3) is 0.500. The summed E-state index contributed by atoms with van der Waals surface area (Å²) in [4.78, 5) is 20.3. The predicted octanol–water partition coefficient (Wildman–Crippen LogP) is 2.72. The van der Waals surface area contributed by atoms with Crippen molar-refractivity contribution in [3.63, 3.8) is 0 Å². The number of urea groups is 1. The van der Waals surface area contributed by atoms with Crippen molar-refractivity contribution >= 4 is 23.4 Å². The number of hydrogen-bond acceptors (Lipinski definition) is 6. The van der Waals surface area contributed by atoms with Gasteiger partial charge >= 0.3 is 6.03 Å². The zero-order valence-corrected chi connectivity index (χ0v) is 19.9. The number of benzene rings is 1. The van der Waals surface area contributed by atoms with E-state index in [4.69, 9.17) is 21.1 Å². The molecule has 2 aliphatic rings. The summed E-state index contributed by atoms with van der Waals surface area (Å²) in [5.41, 5.74) is 1.40. The average molecular weight is 489 g/mol. The number of hydrogen-bond donors (Lipinski definition) is 2. The topological polar surface area (TPSA) is 100 Å². The minimum Gasteiger partial charge on any atom is -0.384 e. The van der Waals surface area contributed by atoms with Crippen LogP contribution in [0.25, 0.3) is 0 Å². The first-order chi connectivity index (χ1) is 16.5. The van der Waals surface area contributed by atoms with Crippen molar-refractivity contribution < 1.29 is 24.5 Å². The summed E-state index contributed by atoms with van der Waals surface area (Å²) in [6.07, 6.45) is 2.17. The third-order valence-corrected chi connectivity index (χ3v) is 6.15. The van der Waals surface area contributed by atoms with Crippen molar-refractivity contribution in [3.05, 3.63) is 46.4 Å². The Balaban J connectivity index is 1.55. The van der Waals surface area contributed by atoms with Crippen molar-refractivity contribution in [1.29, 1.82) is 0 Å². The van der Waals surface area contributed by atoms with E-state index in [-0.39, 0.29) is 18.9 Å². The highest BCUT2D eigenvalue weighted by atomic mass is 35.5. The van der Waals surface area contributed by atoms with Crippen LogP contribution in [-0.4, -0.2) is 70.4 Å². The van der Waals surface area contributed by atoms with Crippen LogP contribution in [0.4, 0.5) is 10.6 Å². The quantitative estimate of drug-likeness (QED) is 0.459. The van der Waals surface area contributed by atoms with E-state index < -0.39 is 6.23 Å². The molecule has 182 valence electrons. The molecule has 2 N–H and O–H groups in total. The van der Waals surface area contributed by atoms with Gasteiger partial charge in [-0.25, -0.2) is 9.78 Å². The smallest absolute Gasteiger partial charge is 0.327 e. The number of aliphatic hydroxyl groups excluding tert-OH is 2. The molecule has 1 fully saturated rings. The van der Waals surface area contributed by atoms with Crippen LogP contribution in [0.1, 0.15) is 49.0 Å².